The number of carbonyl (C=O) groups excluding carboxylic acids is 1. The second-order valence-electron chi connectivity index (χ2n) is 7.39. The van der Waals surface area contributed by atoms with Crippen LogP contribution in [0.15, 0.2) is 60.9 Å². The monoisotopic (exact) mass is 394 g/mol. The average molecular weight is 395 g/mol. The number of aromatic nitrogens is 2. The van der Waals surface area contributed by atoms with Crippen molar-refractivity contribution >= 4 is 24.0 Å². The zero-order chi connectivity index (χ0) is 18.3. The molecule has 3 aromatic rings. The lowest BCUT2D eigenvalue weighted by atomic mass is 9.87. The quantitative estimate of drug-likeness (QED) is 0.558. The summed E-state index contributed by atoms with van der Waals surface area (Å²) < 4.78 is 1.83. The molecule has 5 rings (SSSR count). The maximum atomic E-state index is 13.3. The summed E-state index contributed by atoms with van der Waals surface area (Å²) in [6, 6.07) is 16.6. The van der Waals surface area contributed by atoms with Crippen LogP contribution in [0.4, 0.5) is 5.69 Å². The molecule has 5 nitrogen and oxygen atoms in total. The zero-order valence-corrected chi connectivity index (χ0v) is 16.3. The van der Waals surface area contributed by atoms with Crippen molar-refractivity contribution in [2.24, 2.45) is 0 Å². The Kier molecular flexibility index (Phi) is 4.96. The standard InChI is InChI=1S/C22H22N4O.ClH/c27-21(22(8-11-23-12-9-22)26-13-3-10-24-26)25-18-6-7-20-17(15-18)14-16-4-1-2-5-19(16)20;/h1-7,10,13,15,23H,8-9,11-12,14H2,(H,25,27);1H. The van der Waals surface area contributed by atoms with Crippen molar-refractivity contribution in [1.82, 2.24) is 15.1 Å². The summed E-state index contributed by atoms with van der Waals surface area (Å²) in [4.78, 5) is 13.3. The number of amides is 1. The van der Waals surface area contributed by atoms with Crippen molar-refractivity contribution in [2.45, 2.75) is 24.8 Å². The number of hydrogen-bond acceptors (Lipinski definition) is 3. The fourth-order valence-corrected chi connectivity index (χ4v) is 4.39. The molecule has 0 saturated carbocycles. The Bertz CT molecular complexity index is 994. The summed E-state index contributed by atoms with van der Waals surface area (Å²) in [5, 5.41) is 10.9. The van der Waals surface area contributed by atoms with Gasteiger partial charge in [-0.05, 0) is 72.8 Å². The molecule has 2 aliphatic rings. The molecule has 2 aromatic carbocycles. The van der Waals surface area contributed by atoms with E-state index in [1.54, 1.807) is 6.20 Å². The van der Waals surface area contributed by atoms with E-state index in [1.165, 1.54) is 22.3 Å². The van der Waals surface area contributed by atoms with E-state index in [0.29, 0.717) is 0 Å². The Labute approximate surface area is 170 Å². The average Bonchev–Trinajstić information content (AvgIpc) is 3.36. The van der Waals surface area contributed by atoms with Crippen LogP contribution in [0, 0.1) is 0 Å². The summed E-state index contributed by atoms with van der Waals surface area (Å²) in [7, 11) is 0. The Morgan fingerprint density at radius 1 is 1.04 bits per heavy atom. The highest BCUT2D eigenvalue weighted by atomic mass is 35.5. The van der Waals surface area contributed by atoms with Crippen LogP contribution in [-0.2, 0) is 16.8 Å². The molecule has 1 aliphatic carbocycles. The summed E-state index contributed by atoms with van der Waals surface area (Å²) >= 11 is 0. The normalized spacial score (nSPS) is 16.6. The van der Waals surface area contributed by atoms with E-state index in [0.717, 1.165) is 38.0 Å². The highest BCUT2D eigenvalue weighted by Crippen LogP contribution is 2.38. The number of benzene rings is 2. The van der Waals surface area contributed by atoms with Crippen LogP contribution in [-0.4, -0.2) is 28.8 Å². The van der Waals surface area contributed by atoms with E-state index in [4.69, 9.17) is 0 Å². The van der Waals surface area contributed by atoms with Gasteiger partial charge in [0.25, 0.3) is 5.91 Å². The summed E-state index contributed by atoms with van der Waals surface area (Å²) in [5.41, 5.74) is 5.42. The molecule has 2 N–H and O–H groups in total. The van der Waals surface area contributed by atoms with E-state index in [-0.39, 0.29) is 18.3 Å². The topological polar surface area (TPSA) is 59.0 Å². The molecule has 28 heavy (non-hydrogen) atoms. The molecule has 6 heteroatoms. The van der Waals surface area contributed by atoms with E-state index in [2.05, 4.69) is 52.1 Å². The number of rotatable bonds is 3. The van der Waals surface area contributed by atoms with Gasteiger partial charge >= 0.3 is 0 Å². The summed E-state index contributed by atoms with van der Waals surface area (Å²) in [5.74, 6) is 0.0168. The van der Waals surface area contributed by atoms with Gasteiger partial charge in [-0.25, -0.2) is 0 Å². The molecule has 1 fully saturated rings. The number of hydrogen-bond donors (Lipinski definition) is 2. The first-order valence-corrected chi connectivity index (χ1v) is 9.50. The number of halogens is 1. The maximum Gasteiger partial charge on any atom is 0.252 e. The Hall–Kier alpha value is -2.63. The number of nitrogens with zero attached hydrogens (tertiary/aromatic N) is 2. The third-order valence-corrected chi connectivity index (χ3v) is 5.85. The van der Waals surface area contributed by atoms with Gasteiger partial charge in [0.2, 0.25) is 0 Å². The van der Waals surface area contributed by atoms with Gasteiger partial charge in [-0.1, -0.05) is 30.3 Å². The zero-order valence-electron chi connectivity index (χ0n) is 15.5. The van der Waals surface area contributed by atoms with E-state index >= 15 is 0 Å². The first-order valence-electron chi connectivity index (χ1n) is 9.50. The van der Waals surface area contributed by atoms with Crippen LogP contribution in [0.1, 0.15) is 24.0 Å². The number of nitrogens with one attached hydrogen (secondary N) is 2. The van der Waals surface area contributed by atoms with Gasteiger partial charge in [-0.15, -0.1) is 12.4 Å². The minimum absolute atomic E-state index is 0. The van der Waals surface area contributed by atoms with Crippen molar-refractivity contribution in [2.75, 3.05) is 18.4 Å². The molecule has 0 atom stereocenters. The lowest BCUT2D eigenvalue weighted by Gasteiger charge is -2.36. The molecule has 1 saturated heterocycles. The molecule has 0 unspecified atom stereocenters. The number of piperidine rings is 1. The molecular formula is C22H23ClN4O. The SMILES string of the molecule is Cl.O=C(Nc1ccc2c(c1)Cc1ccccc1-2)C1(n2cccn2)CCNCC1. The number of fused-ring (bicyclic) bond motifs is 3. The molecule has 1 aromatic heterocycles. The van der Waals surface area contributed by atoms with Crippen LogP contribution in [0.25, 0.3) is 11.1 Å². The molecule has 0 bridgehead atoms. The fourth-order valence-electron chi connectivity index (χ4n) is 4.39. The van der Waals surface area contributed by atoms with Gasteiger partial charge in [-0.3, -0.25) is 9.48 Å². The van der Waals surface area contributed by atoms with Crippen molar-refractivity contribution in [1.29, 1.82) is 0 Å². The van der Waals surface area contributed by atoms with Gasteiger partial charge in [0.15, 0.2) is 0 Å². The Morgan fingerprint density at radius 3 is 2.61 bits per heavy atom. The largest absolute Gasteiger partial charge is 0.324 e. The Morgan fingerprint density at radius 2 is 1.82 bits per heavy atom. The molecular weight excluding hydrogens is 372 g/mol. The van der Waals surface area contributed by atoms with Crippen molar-refractivity contribution in [3.05, 3.63) is 72.1 Å². The maximum absolute atomic E-state index is 13.3. The third kappa shape index (κ3) is 3.01. The molecule has 1 amide bonds. The van der Waals surface area contributed by atoms with Crippen LogP contribution in [0.2, 0.25) is 0 Å². The van der Waals surface area contributed by atoms with Crippen molar-refractivity contribution in [3.63, 3.8) is 0 Å². The first kappa shape index (κ1) is 18.7. The van der Waals surface area contributed by atoms with E-state index in [1.807, 2.05) is 23.0 Å². The molecule has 0 radical (unpaired) electrons. The molecule has 1 aliphatic heterocycles. The highest BCUT2D eigenvalue weighted by molar-refractivity contribution is 5.97. The van der Waals surface area contributed by atoms with Gasteiger partial charge in [-0.2, -0.15) is 5.10 Å². The van der Waals surface area contributed by atoms with Gasteiger partial charge < -0.3 is 10.6 Å². The van der Waals surface area contributed by atoms with Crippen molar-refractivity contribution in [3.8, 4) is 11.1 Å². The van der Waals surface area contributed by atoms with Crippen LogP contribution >= 0.6 is 12.4 Å². The van der Waals surface area contributed by atoms with Crippen molar-refractivity contribution < 1.29 is 4.79 Å². The highest BCUT2D eigenvalue weighted by Gasteiger charge is 2.42. The van der Waals surface area contributed by atoms with Crippen LogP contribution in [0.3, 0.4) is 0 Å². The number of anilines is 1. The number of carbonyl (C=O) groups is 1. The minimum Gasteiger partial charge on any atom is -0.324 e. The fraction of sp³-hybridized carbons (Fsp3) is 0.273. The molecule has 144 valence electrons. The second kappa shape index (κ2) is 7.41. The summed E-state index contributed by atoms with van der Waals surface area (Å²) in [6.07, 6.45) is 6.02. The molecule has 2 heterocycles. The second-order valence-corrected chi connectivity index (χ2v) is 7.39. The smallest absolute Gasteiger partial charge is 0.252 e. The van der Waals surface area contributed by atoms with Crippen LogP contribution < -0.4 is 10.6 Å². The first-order chi connectivity index (χ1) is 13.3. The predicted molar refractivity (Wildman–Crippen MR) is 113 cm³/mol. The van der Waals surface area contributed by atoms with E-state index in [9.17, 15) is 4.79 Å². The third-order valence-electron chi connectivity index (χ3n) is 5.85. The lowest BCUT2D eigenvalue weighted by Crippen LogP contribution is -2.52. The molecule has 0 spiro atoms. The lowest BCUT2D eigenvalue weighted by molar-refractivity contribution is -0.126. The van der Waals surface area contributed by atoms with Crippen LogP contribution in [0.5, 0.6) is 0 Å². The van der Waals surface area contributed by atoms with Gasteiger partial charge in [0.1, 0.15) is 5.54 Å². The van der Waals surface area contributed by atoms with Gasteiger partial charge in [0.05, 0.1) is 0 Å². The summed E-state index contributed by atoms with van der Waals surface area (Å²) in [6.45, 7) is 1.62. The Balaban J connectivity index is 0.00000192. The van der Waals surface area contributed by atoms with Gasteiger partial charge in [0, 0.05) is 18.1 Å². The predicted octanol–water partition coefficient (Wildman–Crippen LogP) is 3.59. The van der Waals surface area contributed by atoms with E-state index < -0.39 is 5.54 Å². The minimum atomic E-state index is -0.628.